The first-order valence-electron chi connectivity index (χ1n) is 10.1. The number of carbonyl (C=O) groups excluding carboxylic acids is 1. The van der Waals surface area contributed by atoms with E-state index in [0.717, 1.165) is 11.1 Å². The normalized spacial score (nSPS) is 12.1. The molecule has 33 heavy (non-hydrogen) atoms. The van der Waals surface area contributed by atoms with E-state index in [9.17, 15) is 13.2 Å². The summed E-state index contributed by atoms with van der Waals surface area (Å²) in [6.07, 6.45) is 0.168. The summed E-state index contributed by atoms with van der Waals surface area (Å²) in [5.74, 6) is 0.518. The minimum Gasteiger partial charge on any atom is -0.496 e. The fourth-order valence-corrected chi connectivity index (χ4v) is 4.81. The Hall–Kier alpha value is -3.07. The molecular formula is C24H25ClN2O5S. The van der Waals surface area contributed by atoms with E-state index >= 15 is 0 Å². The van der Waals surface area contributed by atoms with E-state index in [-0.39, 0.29) is 22.9 Å². The summed E-state index contributed by atoms with van der Waals surface area (Å²) in [5.41, 5.74) is 1.59. The molecule has 3 rings (SSSR count). The largest absolute Gasteiger partial charge is 0.496 e. The fourth-order valence-electron chi connectivity index (χ4n) is 3.26. The molecule has 3 aromatic rings. The van der Waals surface area contributed by atoms with Crippen molar-refractivity contribution in [3.05, 3.63) is 88.9 Å². The minimum absolute atomic E-state index is 0.0658. The number of benzene rings is 3. The molecule has 2 N–H and O–H groups in total. The van der Waals surface area contributed by atoms with Gasteiger partial charge in [0.25, 0.3) is 0 Å². The molecule has 0 spiro atoms. The van der Waals surface area contributed by atoms with Crippen LogP contribution in [0.2, 0.25) is 5.02 Å². The van der Waals surface area contributed by atoms with Gasteiger partial charge in [0.15, 0.2) is 0 Å². The van der Waals surface area contributed by atoms with Gasteiger partial charge in [-0.2, -0.15) is 4.72 Å². The summed E-state index contributed by atoms with van der Waals surface area (Å²) in [4.78, 5) is 13.0. The molecule has 0 bridgehead atoms. The van der Waals surface area contributed by atoms with Gasteiger partial charge < -0.3 is 14.8 Å². The Balaban J connectivity index is 1.82. The van der Waals surface area contributed by atoms with Crippen LogP contribution in [0.4, 0.5) is 0 Å². The lowest BCUT2D eigenvalue weighted by Gasteiger charge is -2.19. The molecule has 3 aromatic carbocycles. The second-order valence-corrected chi connectivity index (χ2v) is 9.31. The number of halogens is 1. The van der Waals surface area contributed by atoms with Crippen molar-refractivity contribution in [3.63, 3.8) is 0 Å². The van der Waals surface area contributed by atoms with E-state index < -0.39 is 22.0 Å². The smallest absolute Gasteiger partial charge is 0.241 e. The Bertz CT molecular complexity index is 1200. The van der Waals surface area contributed by atoms with E-state index in [1.54, 1.807) is 13.2 Å². The monoisotopic (exact) mass is 488 g/mol. The number of methoxy groups -OCH3 is 2. The van der Waals surface area contributed by atoms with Gasteiger partial charge in [0, 0.05) is 12.1 Å². The zero-order valence-electron chi connectivity index (χ0n) is 18.2. The average molecular weight is 489 g/mol. The van der Waals surface area contributed by atoms with Crippen LogP contribution in [0.25, 0.3) is 0 Å². The van der Waals surface area contributed by atoms with Crippen molar-refractivity contribution in [2.24, 2.45) is 0 Å². The molecule has 7 nitrogen and oxygen atoms in total. The lowest BCUT2D eigenvalue weighted by Crippen LogP contribution is -2.47. The van der Waals surface area contributed by atoms with E-state index in [2.05, 4.69) is 10.0 Å². The quantitative estimate of drug-likeness (QED) is 0.455. The van der Waals surface area contributed by atoms with Gasteiger partial charge in [-0.1, -0.05) is 60.1 Å². The Morgan fingerprint density at radius 1 is 0.939 bits per heavy atom. The number of hydrogen-bond donors (Lipinski definition) is 2. The number of ether oxygens (including phenoxy) is 2. The van der Waals surface area contributed by atoms with Gasteiger partial charge in [-0.25, -0.2) is 8.42 Å². The van der Waals surface area contributed by atoms with Crippen molar-refractivity contribution in [1.29, 1.82) is 0 Å². The van der Waals surface area contributed by atoms with Gasteiger partial charge in [-0.3, -0.25) is 4.79 Å². The predicted octanol–water partition coefficient (Wildman–Crippen LogP) is 3.56. The molecule has 174 valence electrons. The van der Waals surface area contributed by atoms with E-state index in [4.69, 9.17) is 21.1 Å². The molecule has 9 heteroatoms. The molecule has 0 saturated carbocycles. The minimum atomic E-state index is -4.04. The first-order valence-corrected chi connectivity index (χ1v) is 12.0. The third-order valence-corrected chi connectivity index (χ3v) is 6.74. The molecular weight excluding hydrogens is 464 g/mol. The molecule has 1 atom stereocenters. The van der Waals surface area contributed by atoms with E-state index in [0.29, 0.717) is 11.5 Å². The number of carbonyl (C=O) groups is 1. The first kappa shape index (κ1) is 24.6. The molecule has 0 unspecified atom stereocenters. The zero-order chi connectivity index (χ0) is 23.8. The average Bonchev–Trinajstić information content (AvgIpc) is 2.82. The van der Waals surface area contributed by atoms with Gasteiger partial charge in [0.1, 0.15) is 17.5 Å². The van der Waals surface area contributed by atoms with Crippen LogP contribution in [-0.4, -0.2) is 34.6 Å². The number of para-hydroxylation sites is 1. The topological polar surface area (TPSA) is 93.7 Å². The number of nitrogens with one attached hydrogen (secondary N) is 2. The molecule has 0 aromatic heterocycles. The fraction of sp³-hybridized carbons (Fsp3) is 0.208. The highest BCUT2D eigenvalue weighted by Crippen LogP contribution is 2.27. The predicted molar refractivity (Wildman–Crippen MR) is 127 cm³/mol. The lowest BCUT2D eigenvalue weighted by molar-refractivity contribution is -0.122. The van der Waals surface area contributed by atoms with Gasteiger partial charge in [0.05, 0.1) is 24.1 Å². The maximum Gasteiger partial charge on any atom is 0.241 e. The third-order valence-electron chi connectivity index (χ3n) is 4.98. The highest BCUT2D eigenvalue weighted by Gasteiger charge is 2.27. The highest BCUT2D eigenvalue weighted by atomic mass is 35.5. The van der Waals surface area contributed by atoms with Crippen LogP contribution in [0.1, 0.15) is 11.1 Å². The van der Waals surface area contributed by atoms with Crippen LogP contribution >= 0.6 is 11.6 Å². The first-order chi connectivity index (χ1) is 15.8. The number of rotatable bonds is 10. The zero-order valence-corrected chi connectivity index (χ0v) is 19.8. The van der Waals surface area contributed by atoms with Gasteiger partial charge in [-0.05, 0) is 36.2 Å². The molecule has 0 fully saturated rings. The van der Waals surface area contributed by atoms with Crippen LogP contribution in [0.3, 0.4) is 0 Å². The van der Waals surface area contributed by atoms with Gasteiger partial charge >= 0.3 is 0 Å². The van der Waals surface area contributed by atoms with Gasteiger partial charge in [0.2, 0.25) is 15.9 Å². The second-order valence-electron chi connectivity index (χ2n) is 7.19. The van der Waals surface area contributed by atoms with Crippen molar-refractivity contribution < 1.29 is 22.7 Å². The van der Waals surface area contributed by atoms with E-state index in [1.165, 1.54) is 25.3 Å². The van der Waals surface area contributed by atoms with Crippen LogP contribution in [0, 0.1) is 0 Å². The number of amides is 1. The molecule has 0 radical (unpaired) electrons. The van der Waals surface area contributed by atoms with Crippen molar-refractivity contribution in [3.8, 4) is 11.5 Å². The highest BCUT2D eigenvalue weighted by molar-refractivity contribution is 7.89. The van der Waals surface area contributed by atoms with Gasteiger partial charge in [-0.15, -0.1) is 0 Å². The Kier molecular flexibility index (Phi) is 8.32. The van der Waals surface area contributed by atoms with Crippen LogP contribution in [-0.2, 0) is 27.8 Å². The summed E-state index contributed by atoms with van der Waals surface area (Å²) in [7, 11) is -1.05. The molecule has 0 aliphatic rings. The molecule has 1 amide bonds. The Morgan fingerprint density at radius 3 is 2.27 bits per heavy atom. The molecule has 0 saturated heterocycles. The molecule has 0 aliphatic carbocycles. The van der Waals surface area contributed by atoms with Crippen LogP contribution in [0.15, 0.2) is 77.7 Å². The number of hydrogen-bond acceptors (Lipinski definition) is 5. The maximum absolute atomic E-state index is 13.1. The maximum atomic E-state index is 13.1. The van der Waals surface area contributed by atoms with E-state index in [1.807, 2.05) is 48.5 Å². The van der Waals surface area contributed by atoms with Crippen LogP contribution in [0.5, 0.6) is 11.5 Å². The number of sulfonamides is 1. The summed E-state index contributed by atoms with van der Waals surface area (Å²) in [6.45, 7) is 0.185. The van der Waals surface area contributed by atoms with Crippen molar-refractivity contribution in [2.45, 2.75) is 23.9 Å². The summed E-state index contributed by atoms with van der Waals surface area (Å²) in [5, 5.41) is 2.96. The second kappa shape index (κ2) is 11.2. The van der Waals surface area contributed by atoms with Crippen molar-refractivity contribution in [2.75, 3.05) is 14.2 Å². The Morgan fingerprint density at radius 2 is 1.61 bits per heavy atom. The van der Waals surface area contributed by atoms with Crippen molar-refractivity contribution >= 4 is 27.5 Å². The van der Waals surface area contributed by atoms with Crippen molar-refractivity contribution in [1.82, 2.24) is 10.0 Å². The molecule has 0 heterocycles. The summed E-state index contributed by atoms with van der Waals surface area (Å²) < 4.78 is 39.0. The SMILES string of the molecule is COc1ccc(S(=O)(=O)N[C@@H](Cc2ccccc2)C(=O)NCc2ccccc2OC)cc1Cl. The standard InChI is InChI=1S/C24H25ClN2O5S/c1-31-22-11-7-6-10-18(22)16-26-24(28)21(14-17-8-4-3-5-9-17)27-33(29,30)19-12-13-23(32-2)20(25)15-19/h3-13,15,21,27H,14,16H2,1-2H3,(H,26,28)/t21-/m0/s1. The lowest BCUT2D eigenvalue weighted by atomic mass is 10.1. The molecule has 0 aliphatic heterocycles. The van der Waals surface area contributed by atoms with Crippen LogP contribution < -0.4 is 19.5 Å². The summed E-state index contributed by atoms with van der Waals surface area (Å²) in [6, 6.07) is 19.5. The third kappa shape index (κ3) is 6.47. The Labute approximate surface area is 198 Å². The summed E-state index contributed by atoms with van der Waals surface area (Å²) >= 11 is 6.10.